The van der Waals surface area contributed by atoms with E-state index in [1.165, 1.54) is 0 Å². The van der Waals surface area contributed by atoms with E-state index in [-0.39, 0.29) is 5.60 Å². The molecule has 1 heterocycles. The number of hydrogen-bond acceptors (Lipinski definition) is 2. The summed E-state index contributed by atoms with van der Waals surface area (Å²) in [6.07, 6.45) is 1.73. The smallest absolute Gasteiger partial charge is 0.129 e. The first kappa shape index (κ1) is 10.5. The van der Waals surface area contributed by atoms with Gasteiger partial charge in [0.15, 0.2) is 0 Å². The summed E-state index contributed by atoms with van der Waals surface area (Å²) in [5.41, 5.74) is 0.930. The molecule has 1 aromatic heterocycles. The molecule has 0 radical (unpaired) electrons. The number of hydrogen-bond donors (Lipinski definition) is 0. The third-order valence-corrected chi connectivity index (χ3v) is 1.68. The number of aromatic nitrogens is 1. The number of nitrogens with zero attached hydrogens (tertiary/aromatic N) is 1. The number of pyridine rings is 1. The van der Waals surface area contributed by atoms with Gasteiger partial charge >= 0.3 is 0 Å². The van der Waals surface area contributed by atoms with Crippen LogP contribution >= 0.6 is 11.6 Å². The first-order chi connectivity index (χ1) is 5.97. The number of halogens is 1. The molecule has 0 aliphatic rings. The van der Waals surface area contributed by atoms with Gasteiger partial charge in [0, 0.05) is 6.20 Å². The topological polar surface area (TPSA) is 22.1 Å². The zero-order valence-electron chi connectivity index (χ0n) is 8.17. The van der Waals surface area contributed by atoms with E-state index >= 15 is 0 Å². The molecular formula is C10H14ClNO. The third-order valence-electron chi connectivity index (χ3n) is 1.46. The van der Waals surface area contributed by atoms with Gasteiger partial charge < -0.3 is 4.74 Å². The average Bonchev–Trinajstić information content (AvgIpc) is 2.02. The van der Waals surface area contributed by atoms with Crippen LogP contribution < -0.4 is 0 Å². The monoisotopic (exact) mass is 199 g/mol. The molecule has 72 valence electrons. The lowest BCUT2D eigenvalue weighted by Gasteiger charge is -2.19. The Labute approximate surface area is 83.9 Å². The van der Waals surface area contributed by atoms with E-state index < -0.39 is 0 Å². The van der Waals surface area contributed by atoms with E-state index in [1.807, 2.05) is 26.8 Å². The molecule has 0 bridgehead atoms. The fourth-order valence-corrected chi connectivity index (χ4v) is 0.903. The first-order valence-corrected chi connectivity index (χ1v) is 4.59. The molecule has 0 aliphatic carbocycles. The Balaban J connectivity index is 2.51. The molecule has 1 rings (SSSR count). The Morgan fingerprint density at radius 3 is 2.54 bits per heavy atom. The maximum atomic E-state index is 5.65. The number of ether oxygens (including phenoxy) is 1. The fraction of sp³-hybridized carbons (Fsp3) is 0.500. The van der Waals surface area contributed by atoms with Crippen molar-refractivity contribution in [2.75, 3.05) is 0 Å². The summed E-state index contributed by atoms with van der Waals surface area (Å²) in [5, 5.41) is 0.513. The standard InChI is InChI=1S/C10H14ClNO/c1-10(2,3)13-7-8-4-5-9(11)12-6-8/h4-6H,7H2,1-3H3. The minimum atomic E-state index is -0.111. The van der Waals surface area contributed by atoms with Crippen molar-refractivity contribution in [2.45, 2.75) is 33.0 Å². The second-order valence-corrected chi connectivity index (χ2v) is 4.28. The fourth-order valence-electron chi connectivity index (χ4n) is 0.792. The van der Waals surface area contributed by atoms with Gasteiger partial charge in [-0.25, -0.2) is 4.98 Å². The summed E-state index contributed by atoms with van der Waals surface area (Å²) < 4.78 is 5.57. The van der Waals surface area contributed by atoms with Crippen LogP contribution in [0.25, 0.3) is 0 Å². The van der Waals surface area contributed by atoms with Gasteiger partial charge in [0.2, 0.25) is 0 Å². The van der Waals surface area contributed by atoms with Gasteiger partial charge in [0.05, 0.1) is 12.2 Å². The highest BCUT2D eigenvalue weighted by Gasteiger charge is 2.09. The molecule has 0 saturated heterocycles. The van der Waals surface area contributed by atoms with Crippen molar-refractivity contribution < 1.29 is 4.74 Å². The third kappa shape index (κ3) is 4.25. The molecular weight excluding hydrogens is 186 g/mol. The summed E-state index contributed by atoms with van der Waals surface area (Å²) in [6, 6.07) is 3.68. The molecule has 3 heteroatoms. The van der Waals surface area contributed by atoms with Gasteiger partial charge in [-0.15, -0.1) is 0 Å². The molecule has 0 amide bonds. The van der Waals surface area contributed by atoms with Crippen LogP contribution in [0, 0.1) is 0 Å². The lowest BCUT2D eigenvalue weighted by molar-refractivity contribution is -0.0150. The van der Waals surface area contributed by atoms with Crippen molar-refractivity contribution in [1.29, 1.82) is 0 Å². The van der Waals surface area contributed by atoms with Crippen LogP contribution in [0.2, 0.25) is 5.15 Å². The zero-order chi connectivity index (χ0) is 9.90. The van der Waals surface area contributed by atoms with Crippen molar-refractivity contribution in [2.24, 2.45) is 0 Å². The van der Waals surface area contributed by atoms with Crippen molar-refractivity contribution in [3.8, 4) is 0 Å². The van der Waals surface area contributed by atoms with Crippen LogP contribution in [0.5, 0.6) is 0 Å². The van der Waals surface area contributed by atoms with Gasteiger partial charge in [-0.05, 0) is 32.4 Å². The van der Waals surface area contributed by atoms with E-state index in [2.05, 4.69) is 4.98 Å². The lowest BCUT2D eigenvalue weighted by Crippen LogP contribution is -2.18. The van der Waals surface area contributed by atoms with Gasteiger partial charge in [0.1, 0.15) is 5.15 Å². The second-order valence-electron chi connectivity index (χ2n) is 3.89. The zero-order valence-corrected chi connectivity index (χ0v) is 8.93. The summed E-state index contributed by atoms with van der Waals surface area (Å²) in [7, 11) is 0. The Morgan fingerprint density at radius 1 is 1.38 bits per heavy atom. The molecule has 0 N–H and O–H groups in total. The predicted molar refractivity (Wildman–Crippen MR) is 53.8 cm³/mol. The van der Waals surface area contributed by atoms with Crippen LogP contribution in [0.3, 0.4) is 0 Å². The van der Waals surface area contributed by atoms with Gasteiger partial charge in [-0.2, -0.15) is 0 Å². The van der Waals surface area contributed by atoms with Crippen LogP contribution in [0.1, 0.15) is 26.3 Å². The average molecular weight is 200 g/mol. The SMILES string of the molecule is CC(C)(C)OCc1ccc(Cl)nc1. The quantitative estimate of drug-likeness (QED) is 0.683. The van der Waals surface area contributed by atoms with E-state index in [0.717, 1.165) is 5.56 Å². The first-order valence-electron chi connectivity index (χ1n) is 4.22. The maximum absolute atomic E-state index is 5.65. The molecule has 0 unspecified atom stereocenters. The van der Waals surface area contributed by atoms with Crippen LogP contribution in [-0.2, 0) is 11.3 Å². The Kier molecular flexibility index (Phi) is 3.28. The van der Waals surface area contributed by atoms with Gasteiger partial charge in [-0.3, -0.25) is 0 Å². The largest absolute Gasteiger partial charge is 0.371 e. The van der Waals surface area contributed by atoms with Crippen molar-refractivity contribution in [3.05, 3.63) is 29.0 Å². The normalized spacial score (nSPS) is 11.7. The Bertz CT molecular complexity index is 263. The Morgan fingerprint density at radius 2 is 2.08 bits per heavy atom. The van der Waals surface area contributed by atoms with Crippen molar-refractivity contribution in [1.82, 2.24) is 4.98 Å². The van der Waals surface area contributed by atoms with Gasteiger partial charge in [0.25, 0.3) is 0 Å². The van der Waals surface area contributed by atoms with E-state index in [4.69, 9.17) is 16.3 Å². The predicted octanol–water partition coefficient (Wildman–Crippen LogP) is 3.05. The maximum Gasteiger partial charge on any atom is 0.129 e. The van der Waals surface area contributed by atoms with E-state index in [1.54, 1.807) is 12.3 Å². The molecule has 0 atom stereocenters. The Hall–Kier alpha value is -0.600. The molecule has 0 aromatic carbocycles. The summed E-state index contributed by atoms with van der Waals surface area (Å²) in [6.45, 7) is 6.65. The van der Waals surface area contributed by atoms with E-state index in [0.29, 0.717) is 11.8 Å². The van der Waals surface area contributed by atoms with E-state index in [9.17, 15) is 0 Å². The lowest BCUT2D eigenvalue weighted by atomic mass is 10.2. The minimum absolute atomic E-state index is 0.111. The summed E-state index contributed by atoms with van der Waals surface area (Å²) in [5.74, 6) is 0. The van der Waals surface area contributed by atoms with Crippen LogP contribution in [0.4, 0.5) is 0 Å². The molecule has 2 nitrogen and oxygen atoms in total. The highest BCUT2D eigenvalue weighted by Crippen LogP contribution is 2.12. The molecule has 13 heavy (non-hydrogen) atoms. The molecule has 0 aliphatic heterocycles. The number of rotatable bonds is 2. The van der Waals surface area contributed by atoms with Crippen molar-refractivity contribution in [3.63, 3.8) is 0 Å². The van der Waals surface area contributed by atoms with Crippen molar-refractivity contribution >= 4 is 11.6 Å². The molecule has 0 spiro atoms. The molecule has 1 aromatic rings. The van der Waals surface area contributed by atoms with Crippen LogP contribution in [0.15, 0.2) is 18.3 Å². The highest BCUT2D eigenvalue weighted by atomic mass is 35.5. The van der Waals surface area contributed by atoms with Gasteiger partial charge in [-0.1, -0.05) is 17.7 Å². The summed E-state index contributed by atoms with van der Waals surface area (Å²) in [4.78, 5) is 3.97. The second kappa shape index (κ2) is 4.07. The summed E-state index contributed by atoms with van der Waals surface area (Å²) >= 11 is 5.65. The minimum Gasteiger partial charge on any atom is -0.371 e. The molecule has 0 fully saturated rings. The van der Waals surface area contributed by atoms with Crippen LogP contribution in [-0.4, -0.2) is 10.6 Å². The highest BCUT2D eigenvalue weighted by molar-refractivity contribution is 6.29. The molecule has 0 saturated carbocycles.